The second-order valence-electron chi connectivity index (χ2n) is 8.21. The molecule has 170 valence electrons. The van der Waals surface area contributed by atoms with E-state index in [4.69, 9.17) is 21.3 Å². The van der Waals surface area contributed by atoms with Crippen molar-refractivity contribution in [3.63, 3.8) is 0 Å². The molecule has 3 aromatic carbocycles. The van der Waals surface area contributed by atoms with Crippen LogP contribution in [0.15, 0.2) is 66.7 Å². The van der Waals surface area contributed by atoms with E-state index in [2.05, 4.69) is 41.9 Å². The summed E-state index contributed by atoms with van der Waals surface area (Å²) < 4.78 is 8.26. The molecule has 0 bridgehead atoms. The fraction of sp³-hybridized carbons (Fsp3) is 0.259. The van der Waals surface area contributed by atoms with E-state index in [9.17, 15) is 4.79 Å². The van der Waals surface area contributed by atoms with Gasteiger partial charge >= 0.3 is 0 Å². The van der Waals surface area contributed by atoms with Gasteiger partial charge in [-0.15, -0.1) is 0 Å². The van der Waals surface area contributed by atoms with Crippen molar-refractivity contribution in [3.05, 3.63) is 94.3 Å². The van der Waals surface area contributed by atoms with Crippen LogP contribution in [-0.2, 0) is 6.54 Å². The van der Waals surface area contributed by atoms with Crippen LogP contribution in [0.1, 0.15) is 46.7 Å². The van der Waals surface area contributed by atoms with Crippen molar-refractivity contribution < 1.29 is 9.53 Å². The van der Waals surface area contributed by atoms with Crippen LogP contribution in [-0.4, -0.2) is 22.1 Å². The molecular weight excluding hydrogens is 434 g/mol. The summed E-state index contributed by atoms with van der Waals surface area (Å²) in [4.78, 5) is 17.6. The van der Waals surface area contributed by atoms with E-state index in [1.807, 2.05) is 37.3 Å². The molecule has 5 nitrogen and oxygen atoms in total. The second kappa shape index (κ2) is 10.1. The number of hydrogen-bond donors (Lipinski definition) is 1. The highest BCUT2D eigenvalue weighted by Crippen LogP contribution is 2.24. The predicted octanol–water partition coefficient (Wildman–Crippen LogP) is 6.27. The summed E-state index contributed by atoms with van der Waals surface area (Å²) in [6.45, 7) is 7.39. The van der Waals surface area contributed by atoms with Gasteiger partial charge in [-0.05, 0) is 62.6 Å². The van der Waals surface area contributed by atoms with Crippen LogP contribution in [0.25, 0.3) is 11.0 Å². The number of benzene rings is 3. The highest BCUT2D eigenvalue weighted by molar-refractivity contribution is 6.33. The number of fused-ring (bicyclic) bond motifs is 1. The predicted molar refractivity (Wildman–Crippen MR) is 133 cm³/mol. The van der Waals surface area contributed by atoms with Crippen molar-refractivity contribution in [2.75, 3.05) is 6.61 Å². The Kier molecular flexibility index (Phi) is 6.99. The number of carbonyl (C=O) groups excluding carboxylic acids is 1. The Morgan fingerprint density at radius 1 is 1.03 bits per heavy atom. The first kappa shape index (κ1) is 22.9. The monoisotopic (exact) mass is 461 g/mol. The molecule has 1 N–H and O–H groups in total. The lowest BCUT2D eigenvalue weighted by Gasteiger charge is -2.17. The Morgan fingerprint density at radius 2 is 1.73 bits per heavy atom. The smallest absolute Gasteiger partial charge is 0.253 e. The molecule has 0 saturated carbocycles. The van der Waals surface area contributed by atoms with Crippen LogP contribution in [0.3, 0.4) is 0 Å². The highest BCUT2D eigenvalue weighted by atomic mass is 35.5. The number of halogens is 1. The topological polar surface area (TPSA) is 56.1 Å². The zero-order valence-corrected chi connectivity index (χ0v) is 19.9. The van der Waals surface area contributed by atoms with Crippen LogP contribution in [0.5, 0.6) is 5.75 Å². The van der Waals surface area contributed by atoms with Gasteiger partial charge in [0.05, 0.1) is 34.3 Å². The van der Waals surface area contributed by atoms with Gasteiger partial charge in [-0.3, -0.25) is 4.79 Å². The van der Waals surface area contributed by atoms with Crippen LogP contribution < -0.4 is 10.1 Å². The molecule has 4 aromatic rings. The van der Waals surface area contributed by atoms with Gasteiger partial charge in [-0.1, -0.05) is 54.1 Å². The third-order valence-corrected chi connectivity index (χ3v) is 6.05. The summed E-state index contributed by atoms with van der Waals surface area (Å²) in [6, 6.07) is 20.9. The van der Waals surface area contributed by atoms with Gasteiger partial charge in [0.25, 0.3) is 5.91 Å². The van der Waals surface area contributed by atoms with E-state index in [1.165, 1.54) is 0 Å². The maximum Gasteiger partial charge on any atom is 0.253 e. The molecule has 0 aliphatic carbocycles. The SMILES string of the molecule is Cc1cccc(C)c1OCCCn1c(C(C)NC(=O)c2ccccc2Cl)nc2ccccc21. The van der Waals surface area contributed by atoms with E-state index in [0.29, 0.717) is 17.2 Å². The summed E-state index contributed by atoms with van der Waals surface area (Å²) in [5.41, 5.74) is 4.68. The lowest BCUT2D eigenvalue weighted by molar-refractivity contribution is 0.0937. The highest BCUT2D eigenvalue weighted by Gasteiger charge is 2.20. The summed E-state index contributed by atoms with van der Waals surface area (Å²) in [5, 5.41) is 3.48. The largest absolute Gasteiger partial charge is 0.493 e. The summed E-state index contributed by atoms with van der Waals surface area (Å²) in [7, 11) is 0. The Labute approximate surface area is 199 Å². The molecule has 33 heavy (non-hydrogen) atoms. The minimum Gasteiger partial charge on any atom is -0.493 e. The quantitative estimate of drug-likeness (QED) is 0.315. The number of rotatable bonds is 8. The molecular formula is C27H28ClN3O2. The van der Waals surface area contributed by atoms with Crippen molar-refractivity contribution in [2.45, 2.75) is 39.8 Å². The van der Waals surface area contributed by atoms with Crippen LogP contribution in [0.2, 0.25) is 5.02 Å². The number of nitrogens with zero attached hydrogens (tertiary/aromatic N) is 2. The number of hydrogen-bond acceptors (Lipinski definition) is 3. The van der Waals surface area contributed by atoms with E-state index in [1.54, 1.807) is 18.2 Å². The van der Waals surface area contributed by atoms with E-state index < -0.39 is 0 Å². The van der Waals surface area contributed by atoms with E-state index in [-0.39, 0.29) is 11.9 Å². The molecule has 0 aliphatic rings. The first-order valence-electron chi connectivity index (χ1n) is 11.1. The molecule has 6 heteroatoms. The first-order valence-corrected chi connectivity index (χ1v) is 11.5. The maximum atomic E-state index is 12.8. The Hall–Kier alpha value is -3.31. The molecule has 1 aromatic heterocycles. The van der Waals surface area contributed by atoms with Crippen molar-refractivity contribution in [1.29, 1.82) is 0 Å². The molecule has 4 rings (SSSR count). The third kappa shape index (κ3) is 5.04. The van der Waals surface area contributed by atoms with Gasteiger partial charge in [0, 0.05) is 6.54 Å². The Balaban J connectivity index is 1.50. The van der Waals surface area contributed by atoms with Crippen molar-refractivity contribution >= 4 is 28.5 Å². The minimum absolute atomic E-state index is 0.218. The molecule has 0 saturated heterocycles. The third-order valence-electron chi connectivity index (χ3n) is 5.72. The zero-order chi connectivity index (χ0) is 23.4. The number of aromatic nitrogens is 2. The van der Waals surface area contributed by atoms with Crippen LogP contribution >= 0.6 is 11.6 Å². The number of amides is 1. The fourth-order valence-corrected chi connectivity index (χ4v) is 4.29. The molecule has 1 atom stereocenters. The standard InChI is InChI=1S/C27H28ClN3O2/c1-18-10-8-11-19(2)25(18)33-17-9-16-31-24-15-7-6-14-23(24)30-26(31)20(3)29-27(32)21-12-4-5-13-22(21)28/h4-8,10-15,20H,9,16-17H2,1-3H3,(H,29,32). The lowest BCUT2D eigenvalue weighted by atomic mass is 10.1. The molecule has 1 unspecified atom stereocenters. The van der Waals surface area contributed by atoms with E-state index >= 15 is 0 Å². The Morgan fingerprint density at radius 3 is 2.48 bits per heavy atom. The molecule has 0 radical (unpaired) electrons. The van der Waals surface area contributed by atoms with Gasteiger partial charge in [-0.2, -0.15) is 0 Å². The number of aryl methyl sites for hydroxylation is 3. The normalized spacial score (nSPS) is 12.0. The first-order chi connectivity index (χ1) is 16.0. The zero-order valence-electron chi connectivity index (χ0n) is 19.1. The van der Waals surface area contributed by atoms with Crippen LogP contribution in [0.4, 0.5) is 0 Å². The summed E-state index contributed by atoms with van der Waals surface area (Å²) in [6.07, 6.45) is 0.812. The van der Waals surface area contributed by atoms with Gasteiger partial charge in [0.15, 0.2) is 0 Å². The van der Waals surface area contributed by atoms with Crippen LogP contribution in [0, 0.1) is 13.8 Å². The summed E-state index contributed by atoms with van der Waals surface area (Å²) in [5.74, 6) is 1.54. The maximum absolute atomic E-state index is 12.8. The molecule has 1 amide bonds. The van der Waals surface area contributed by atoms with Gasteiger partial charge in [0.2, 0.25) is 0 Å². The number of carbonyl (C=O) groups is 1. The van der Waals surface area contributed by atoms with Gasteiger partial charge < -0.3 is 14.6 Å². The lowest BCUT2D eigenvalue weighted by Crippen LogP contribution is -2.29. The summed E-state index contributed by atoms with van der Waals surface area (Å²) >= 11 is 6.21. The molecule has 0 spiro atoms. The number of para-hydroxylation sites is 3. The van der Waals surface area contributed by atoms with Crippen molar-refractivity contribution in [3.8, 4) is 5.75 Å². The van der Waals surface area contributed by atoms with Crippen molar-refractivity contribution in [1.82, 2.24) is 14.9 Å². The van der Waals surface area contributed by atoms with Gasteiger partial charge in [0.1, 0.15) is 11.6 Å². The Bertz CT molecular complexity index is 1260. The van der Waals surface area contributed by atoms with Crippen molar-refractivity contribution in [2.24, 2.45) is 0 Å². The minimum atomic E-state index is -0.291. The molecule has 0 fully saturated rings. The average molecular weight is 462 g/mol. The average Bonchev–Trinajstić information content (AvgIpc) is 3.17. The number of nitrogens with one attached hydrogen (secondary N) is 1. The molecule has 1 heterocycles. The fourth-order valence-electron chi connectivity index (χ4n) is 4.07. The number of ether oxygens (including phenoxy) is 1. The number of imidazole rings is 1. The second-order valence-corrected chi connectivity index (χ2v) is 8.62. The molecule has 0 aliphatic heterocycles. The van der Waals surface area contributed by atoms with Gasteiger partial charge in [-0.25, -0.2) is 4.98 Å². The van der Waals surface area contributed by atoms with E-state index in [0.717, 1.165) is 46.7 Å².